The minimum atomic E-state index is 0.745. The largest absolute Gasteiger partial charge is 0.265 e. The van der Waals surface area contributed by atoms with E-state index in [0.29, 0.717) is 0 Å². The lowest BCUT2D eigenvalue weighted by Gasteiger charge is -2.08. The summed E-state index contributed by atoms with van der Waals surface area (Å²) in [6.45, 7) is 1.69. The van der Waals surface area contributed by atoms with Crippen LogP contribution in [-0.2, 0) is 13.1 Å². The van der Waals surface area contributed by atoms with Crippen LogP contribution in [0.2, 0.25) is 0 Å². The van der Waals surface area contributed by atoms with Gasteiger partial charge in [0.2, 0.25) is 5.52 Å². The lowest BCUT2D eigenvalue weighted by atomic mass is 10.0. The minimum Gasteiger partial charge on any atom is -0.191 e. The van der Waals surface area contributed by atoms with E-state index in [1.807, 2.05) is 12.1 Å². The summed E-state index contributed by atoms with van der Waals surface area (Å²) in [6, 6.07) is 23.2. The quantitative estimate of drug-likeness (QED) is 0.185. The van der Waals surface area contributed by atoms with E-state index >= 15 is 0 Å². The highest BCUT2D eigenvalue weighted by Crippen LogP contribution is 2.25. The van der Waals surface area contributed by atoms with Crippen LogP contribution >= 0.6 is 0 Å². The fraction of sp³-hybridized carbons (Fsp3) is 0.200. The molecule has 0 saturated heterocycles. The molecule has 4 aromatic rings. The Morgan fingerprint density at radius 3 is 2.09 bits per heavy atom. The Hall–Kier alpha value is -4.06. The van der Waals surface area contributed by atoms with Crippen LogP contribution in [0.5, 0.6) is 0 Å². The van der Waals surface area contributed by atoms with Crippen LogP contribution in [0.1, 0.15) is 37.1 Å². The number of terminal acetylenes is 2. The highest BCUT2D eigenvalue weighted by molar-refractivity contribution is 6.05. The Kier molecular flexibility index (Phi) is 6.82. The van der Waals surface area contributed by atoms with Crippen molar-refractivity contribution in [1.29, 1.82) is 0 Å². The van der Waals surface area contributed by atoms with Gasteiger partial charge in [-0.2, -0.15) is 9.13 Å². The number of pyridine rings is 2. The molecular formula is C30H26N2+2. The molecule has 0 saturated carbocycles. The molecular weight excluding hydrogens is 388 g/mol. The van der Waals surface area contributed by atoms with Gasteiger partial charge in [-0.05, 0) is 18.2 Å². The average molecular weight is 415 g/mol. The van der Waals surface area contributed by atoms with Crippen molar-refractivity contribution in [2.24, 2.45) is 0 Å². The van der Waals surface area contributed by atoms with Crippen LogP contribution < -0.4 is 9.13 Å². The van der Waals surface area contributed by atoms with E-state index in [1.165, 1.54) is 16.3 Å². The molecule has 2 aromatic carbocycles. The summed E-state index contributed by atoms with van der Waals surface area (Å²) in [6.07, 6.45) is 16.4. The van der Waals surface area contributed by atoms with Gasteiger partial charge < -0.3 is 0 Å². The first-order valence-corrected chi connectivity index (χ1v) is 11.0. The van der Waals surface area contributed by atoms with Crippen LogP contribution in [0.25, 0.3) is 21.7 Å². The summed E-state index contributed by atoms with van der Waals surface area (Å²) >= 11 is 0. The molecule has 0 aliphatic carbocycles. The average Bonchev–Trinajstić information content (AvgIpc) is 2.84. The van der Waals surface area contributed by atoms with Crippen LogP contribution in [0.15, 0.2) is 72.9 Å². The number of aromatic nitrogens is 2. The maximum atomic E-state index is 5.53. The Balaban J connectivity index is 1.89. The molecule has 2 aromatic heterocycles. The summed E-state index contributed by atoms with van der Waals surface area (Å²) in [7, 11) is 0. The summed E-state index contributed by atoms with van der Waals surface area (Å²) in [5, 5.41) is 3.61. The van der Waals surface area contributed by atoms with Gasteiger partial charge in [-0.3, -0.25) is 0 Å². The standard InChI is InChI=1S/C30H26N2/c1-3-5-12-22-31-23-14-11-15-25(31)20-21-30-28-17-8-7-16-26(28)27-18-9-10-19-29(27)32(30)24-13-6-4-2/h1-2,7-11,14-19,23H,5-6,12-13,22,24H2/q+2. The van der Waals surface area contributed by atoms with E-state index in [-0.39, 0.29) is 0 Å². The highest BCUT2D eigenvalue weighted by atomic mass is 15.0. The van der Waals surface area contributed by atoms with Crippen molar-refractivity contribution in [1.82, 2.24) is 0 Å². The normalized spacial score (nSPS) is 10.3. The molecule has 0 bridgehead atoms. The van der Waals surface area contributed by atoms with Gasteiger partial charge in [0.05, 0.1) is 10.8 Å². The van der Waals surface area contributed by atoms with Gasteiger partial charge in [-0.1, -0.05) is 30.3 Å². The van der Waals surface area contributed by atoms with Crippen LogP contribution in [-0.4, -0.2) is 0 Å². The fourth-order valence-electron chi connectivity index (χ4n) is 4.09. The highest BCUT2D eigenvalue weighted by Gasteiger charge is 2.20. The topological polar surface area (TPSA) is 7.76 Å². The molecule has 0 amide bonds. The van der Waals surface area contributed by atoms with Crippen LogP contribution in [0, 0.1) is 36.5 Å². The minimum absolute atomic E-state index is 0.745. The zero-order valence-electron chi connectivity index (χ0n) is 18.2. The molecule has 0 atom stereocenters. The van der Waals surface area contributed by atoms with Gasteiger partial charge in [-0.25, -0.2) is 0 Å². The number of nitrogens with zero attached hydrogens (tertiary/aromatic N) is 2. The number of hydrogen-bond donors (Lipinski definition) is 0. The predicted molar refractivity (Wildman–Crippen MR) is 130 cm³/mol. The Morgan fingerprint density at radius 2 is 1.31 bits per heavy atom. The summed E-state index contributed by atoms with van der Waals surface area (Å²) < 4.78 is 4.50. The van der Waals surface area contributed by atoms with E-state index in [0.717, 1.165) is 55.5 Å². The number of para-hydroxylation sites is 1. The lowest BCUT2D eigenvalue weighted by molar-refractivity contribution is -0.699. The van der Waals surface area contributed by atoms with Gasteiger partial charge in [0.25, 0.3) is 11.4 Å². The smallest absolute Gasteiger partial charge is 0.191 e. The molecule has 0 aliphatic rings. The molecule has 0 aliphatic heterocycles. The molecule has 4 rings (SSSR count). The lowest BCUT2D eigenvalue weighted by Crippen LogP contribution is -2.39. The van der Waals surface area contributed by atoms with Gasteiger partial charge in [0.15, 0.2) is 19.3 Å². The molecule has 2 heterocycles. The molecule has 2 heteroatoms. The zero-order valence-corrected chi connectivity index (χ0v) is 18.2. The van der Waals surface area contributed by atoms with Crippen molar-refractivity contribution < 1.29 is 9.13 Å². The Bertz CT molecular complexity index is 1400. The molecule has 0 fully saturated rings. The third-order valence-corrected chi connectivity index (χ3v) is 5.61. The molecule has 0 spiro atoms. The van der Waals surface area contributed by atoms with E-state index in [4.69, 9.17) is 12.8 Å². The van der Waals surface area contributed by atoms with E-state index < -0.39 is 0 Å². The summed E-state index contributed by atoms with van der Waals surface area (Å²) in [5.41, 5.74) is 3.19. The first kappa shape index (κ1) is 21.2. The second-order valence-electron chi connectivity index (χ2n) is 7.71. The number of rotatable bonds is 6. The van der Waals surface area contributed by atoms with Crippen LogP contribution in [0.4, 0.5) is 0 Å². The van der Waals surface area contributed by atoms with Gasteiger partial charge in [0, 0.05) is 61.1 Å². The molecule has 154 valence electrons. The summed E-state index contributed by atoms with van der Waals surface area (Å²) in [4.78, 5) is 0. The number of aryl methyl sites for hydroxylation is 2. The van der Waals surface area contributed by atoms with Gasteiger partial charge in [-0.15, -0.1) is 24.7 Å². The van der Waals surface area contributed by atoms with Crippen molar-refractivity contribution in [2.75, 3.05) is 0 Å². The van der Waals surface area contributed by atoms with E-state index in [1.54, 1.807) is 0 Å². The monoisotopic (exact) mass is 414 g/mol. The SMILES string of the molecule is C#CCCC[n+]1ccccc1C#Cc1c2ccccc2c2ccccc2[n+]1CCCC#C. The number of unbranched alkanes of at least 4 members (excludes halogenated alkanes) is 2. The predicted octanol–water partition coefficient (Wildman–Crippen LogP) is 4.79. The maximum Gasteiger partial charge on any atom is 0.265 e. The van der Waals surface area contributed by atoms with E-state index in [2.05, 4.69) is 93.6 Å². The first-order valence-electron chi connectivity index (χ1n) is 11.0. The number of hydrogen-bond acceptors (Lipinski definition) is 0. The van der Waals surface area contributed by atoms with Crippen molar-refractivity contribution in [3.05, 3.63) is 84.3 Å². The molecule has 32 heavy (non-hydrogen) atoms. The van der Waals surface area contributed by atoms with Crippen LogP contribution in [0.3, 0.4) is 0 Å². The maximum absolute atomic E-state index is 5.53. The molecule has 2 nitrogen and oxygen atoms in total. The third-order valence-electron chi connectivity index (χ3n) is 5.61. The first-order chi connectivity index (χ1) is 15.8. The number of fused-ring (bicyclic) bond motifs is 3. The van der Waals surface area contributed by atoms with Crippen molar-refractivity contribution in [2.45, 2.75) is 38.8 Å². The second-order valence-corrected chi connectivity index (χ2v) is 7.71. The van der Waals surface area contributed by atoms with Crippen molar-refractivity contribution in [3.63, 3.8) is 0 Å². The number of benzene rings is 2. The van der Waals surface area contributed by atoms with E-state index in [9.17, 15) is 0 Å². The third kappa shape index (κ3) is 4.49. The molecule has 0 unspecified atom stereocenters. The Morgan fingerprint density at radius 1 is 0.656 bits per heavy atom. The second kappa shape index (κ2) is 10.3. The zero-order chi connectivity index (χ0) is 22.2. The van der Waals surface area contributed by atoms with Crippen molar-refractivity contribution >= 4 is 21.7 Å². The van der Waals surface area contributed by atoms with Gasteiger partial charge >= 0.3 is 0 Å². The van der Waals surface area contributed by atoms with Gasteiger partial charge in [0.1, 0.15) is 0 Å². The molecule has 0 N–H and O–H groups in total. The molecule has 0 radical (unpaired) electrons. The fourth-order valence-corrected chi connectivity index (χ4v) is 4.09. The Labute approximate surface area is 190 Å². The summed E-state index contributed by atoms with van der Waals surface area (Å²) in [5.74, 6) is 12.4. The van der Waals surface area contributed by atoms with Crippen molar-refractivity contribution in [3.8, 4) is 36.5 Å².